The first-order valence-electron chi connectivity index (χ1n) is 8.38. The van der Waals surface area contributed by atoms with Crippen molar-refractivity contribution in [1.29, 1.82) is 0 Å². The predicted octanol–water partition coefficient (Wildman–Crippen LogP) is 1.75. The maximum Gasteiger partial charge on any atom is 0.308 e. The number of carbonyl (C=O) groups excluding carboxylic acids is 2. The van der Waals surface area contributed by atoms with E-state index >= 15 is 0 Å². The SMILES string of the molecule is CS[C@H]1C(C(=O)c2cccnc2)=C(CC(=O)O)C(=O)N1C[C@@H]1CCCO1. The second kappa shape index (κ2) is 8.01. The van der Waals surface area contributed by atoms with Crippen LogP contribution >= 0.6 is 11.8 Å². The van der Waals surface area contributed by atoms with Crippen LogP contribution < -0.4 is 0 Å². The summed E-state index contributed by atoms with van der Waals surface area (Å²) in [6.45, 7) is 1.02. The van der Waals surface area contributed by atoms with Crippen molar-refractivity contribution < 1.29 is 24.2 Å². The van der Waals surface area contributed by atoms with E-state index < -0.39 is 23.7 Å². The van der Waals surface area contributed by atoms with E-state index in [4.69, 9.17) is 4.74 Å². The van der Waals surface area contributed by atoms with Crippen molar-refractivity contribution in [2.24, 2.45) is 0 Å². The highest BCUT2D eigenvalue weighted by Crippen LogP contribution is 2.36. The third-order valence-electron chi connectivity index (χ3n) is 4.52. The summed E-state index contributed by atoms with van der Waals surface area (Å²) < 4.78 is 5.62. The Kier molecular flexibility index (Phi) is 5.73. The molecule has 26 heavy (non-hydrogen) atoms. The zero-order valence-electron chi connectivity index (χ0n) is 14.4. The van der Waals surface area contributed by atoms with Crippen molar-refractivity contribution in [3.05, 3.63) is 41.2 Å². The van der Waals surface area contributed by atoms with Crippen molar-refractivity contribution in [1.82, 2.24) is 9.88 Å². The normalized spacial score (nSPS) is 23.0. The molecule has 0 unspecified atom stereocenters. The minimum Gasteiger partial charge on any atom is -0.481 e. The number of thioether (sulfide) groups is 1. The molecule has 3 heterocycles. The van der Waals surface area contributed by atoms with Gasteiger partial charge in [0, 0.05) is 42.3 Å². The van der Waals surface area contributed by atoms with Crippen LogP contribution in [-0.2, 0) is 14.3 Å². The van der Waals surface area contributed by atoms with E-state index in [-0.39, 0.29) is 23.0 Å². The molecule has 0 saturated carbocycles. The van der Waals surface area contributed by atoms with E-state index in [1.165, 1.54) is 18.0 Å². The molecule has 1 saturated heterocycles. The quantitative estimate of drug-likeness (QED) is 0.724. The molecule has 0 bridgehead atoms. The van der Waals surface area contributed by atoms with Crippen molar-refractivity contribution in [2.75, 3.05) is 19.4 Å². The molecule has 0 radical (unpaired) electrons. The number of carbonyl (C=O) groups is 3. The van der Waals surface area contributed by atoms with E-state index in [1.807, 2.05) is 0 Å². The van der Waals surface area contributed by atoms with E-state index in [0.717, 1.165) is 12.8 Å². The van der Waals surface area contributed by atoms with Crippen molar-refractivity contribution >= 4 is 29.4 Å². The predicted molar refractivity (Wildman–Crippen MR) is 95.8 cm³/mol. The van der Waals surface area contributed by atoms with Crippen LogP contribution in [0.2, 0.25) is 0 Å². The van der Waals surface area contributed by atoms with Gasteiger partial charge in [-0.3, -0.25) is 19.4 Å². The zero-order valence-corrected chi connectivity index (χ0v) is 15.2. The van der Waals surface area contributed by atoms with Crippen molar-refractivity contribution in [3.8, 4) is 0 Å². The maximum absolute atomic E-state index is 13.0. The third-order valence-corrected chi connectivity index (χ3v) is 5.45. The highest BCUT2D eigenvalue weighted by Gasteiger charge is 2.43. The summed E-state index contributed by atoms with van der Waals surface area (Å²) in [5.41, 5.74) is 0.649. The molecule has 1 aromatic heterocycles. The van der Waals surface area contributed by atoms with Gasteiger partial charge in [0.1, 0.15) is 5.37 Å². The summed E-state index contributed by atoms with van der Waals surface area (Å²) in [7, 11) is 0. The number of amides is 1. The van der Waals surface area contributed by atoms with Gasteiger partial charge in [-0.1, -0.05) is 0 Å². The maximum atomic E-state index is 13.0. The lowest BCUT2D eigenvalue weighted by Gasteiger charge is -2.27. The lowest BCUT2D eigenvalue weighted by atomic mass is 9.99. The van der Waals surface area contributed by atoms with E-state index in [9.17, 15) is 19.5 Å². The van der Waals surface area contributed by atoms with E-state index in [1.54, 1.807) is 29.5 Å². The van der Waals surface area contributed by atoms with E-state index in [2.05, 4.69) is 4.98 Å². The summed E-state index contributed by atoms with van der Waals surface area (Å²) in [6, 6.07) is 3.25. The number of aliphatic carboxylic acids is 1. The lowest BCUT2D eigenvalue weighted by molar-refractivity contribution is -0.137. The van der Waals surface area contributed by atoms with Gasteiger partial charge < -0.3 is 14.7 Å². The molecule has 7 nitrogen and oxygen atoms in total. The summed E-state index contributed by atoms with van der Waals surface area (Å²) in [4.78, 5) is 42.7. The molecular weight excluding hydrogens is 356 g/mol. The summed E-state index contributed by atoms with van der Waals surface area (Å²) in [5, 5.41) is 8.71. The van der Waals surface area contributed by atoms with Crippen LogP contribution in [0.3, 0.4) is 0 Å². The molecule has 2 atom stereocenters. The van der Waals surface area contributed by atoms with Crippen LogP contribution in [0.15, 0.2) is 35.7 Å². The van der Waals surface area contributed by atoms with Crippen LogP contribution in [0.25, 0.3) is 0 Å². The van der Waals surface area contributed by atoms with Gasteiger partial charge in [0.2, 0.25) is 0 Å². The minimum atomic E-state index is -1.14. The number of ether oxygens (including phenoxy) is 1. The van der Waals surface area contributed by atoms with Crippen LogP contribution in [0.4, 0.5) is 0 Å². The van der Waals surface area contributed by atoms with Gasteiger partial charge in [0.25, 0.3) is 5.91 Å². The molecular formula is C18H20N2O5S. The average Bonchev–Trinajstić information content (AvgIpc) is 3.23. The number of Topliss-reactive ketones (excluding diaryl/α,β-unsaturated/α-hetero) is 1. The van der Waals surface area contributed by atoms with Gasteiger partial charge in [-0.15, -0.1) is 11.8 Å². The molecule has 138 valence electrons. The van der Waals surface area contributed by atoms with Crippen molar-refractivity contribution in [3.63, 3.8) is 0 Å². The molecule has 0 aliphatic carbocycles. The summed E-state index contributed by atoms with van der Waals surface area (Å²) in [5.74, 6) is -1.88. The van der Waals surface area contributed by atoms with Crippen LogP contribution in [0.1, 0.15) is 29.6 Å². The van der Waals surface area contributed by atoms with Gasteiger partial charge in [-0.2, -0.15) is 0 Å². The second-order valence-electron chi connectivity index (χ2n) is 6.21. The van der Waals surface area contributed by atoms with Gasteiger partial charge in [-0.05, 0) is 31.2 Å². The Hall–Kier alpha value is -2.19. The van der Waals surface area contributed by atoms with E-state index in [0.29, 0.717) is 18.7 Å². The Labute approximate surface area is 155 Å². The lowest BCUT2D eigenvalue weighted by Crippen LogP contribution is -2.40. The Balaban J connectivity index is 1.96. The van der Waals surface area contributed by atoms with Crippen LogP contribution in [0, 0.1) is 0 Å². The number of hydrogen-bond donors (Lipinski definition) is 1. The second-order valence-corrected chi connectivity index (χ2v) is 7.13. The minimum absolute atomic E-state index is 0.0590. The molecule has 2 aliphatic rings. The Bertz CT molecular complexity index is 743. The topological polar surface area (TPSA) is 96.8 Å². The number of nitrogens with zero attached hydrogens (tertiary/aromatic N) is 2. The number of ketones is 1. The highest BCUT2D eigenvalue weighted by molar-refractivity contribution is 7.99. The smallest absolute Gasteiger partial charge is 0.308 e. The Morgan fingerprint density at radius 1 is 1.46 bits per heavy atom. The number of rotatable bonds is 7. The zero-order chi connectivity index (χ0) is 18.7. The number of aromatic nitrogens is 1. The average molecular weight is 376 g/mol. The molecule has 1 fully saturated rings. The van der Waals surface area contributed by atoms with Crippen molar-refractivity contribution in [2.45, 2.75) is 30.7 Å². The number of carboxylic acids is 1. The van der Waals surface area contributed by atoms with Gasteiger partial charge in [0.15, 0.2) is 5.78 Å². The number of carboxylic acid groups (broad SMARTS) is 1. The van der Waals surface area contributed by atoms with Gasteiger partial charge in [0.05, 0.1) is 12.5 Å². The fourth-order valence-corrected chi connectivity index (χ4v) is 4.28. The molecule has 0 spiro atoms. The molecule has 1 amide bonds. The first-order chi connectivity index (χ1) is 12.5. The molecule has 3 rings (SSSR count). The molecule has 0 aromatic carbocycles. The molecule has 8 heteroatoms. The fraction of sp³-hybridized carbons (Fsp3) is 0.444. The number of pyridine rings is 1. The Morgan fingerprint density at radius 2 is 2.27 bits per heavy atom. The Morgan fingerprint density at radius 3 is 2.85 bits per heavy atom. The molecule has 1 N–H and O–H groups in total. The molecule has 2 aliphatic heterocycles. The number of hydrogen-bond acceptors (Lipinski definition) is 6. The first-order valence-corrected chi connectivity index (χ1v) is 9.66. The summed E-state index contributed by atoms with van der Waals surface area (Å²) in [6.07, 6.45) is 6.03. The fourth-order valence-electron chi connectivity index (χ4n) is 3.36. The van der Waals surface area contributed by atoms with Gasteiger partial charge >= 0.3 is 5.97 Å². The highest BCUT2D eigenvalue weighted by atomic mass is 32.2. The van der Waals surface area contributed by atoms with Crippen LogP contribution in [0.5, 0.6) is 0 Å². The monoisotopic (exact) mass is 376 g/mol. The largest absolute Gasteiger partial charge is 0.481 e. The third kappa shape index (κ3) is 3.66. The summed E-state index contributed by atoms with van der Waals surface area (Å²) >= 11 is 1.35. The van der Waals surface area contributed by atoms with Gasteiger partial charge in [-0.25, -0.2) is 0 Å². The molecule has 1 aromatic rings. The van der Waals surface area contributed by atoms with Crippen LogP contribution in [-0.4, -0.2) is 63.5 Å². The standard InChI is InChI=1S/C18H20N2O5S/c1-26-18-15(16(23)11-4-2-6-19-9-11)13(8-14(21)22)17(24)20(18)10-12-5-3-7-25-12/h2,4,6,9,12,18H,3,5,7-8,10H2,1H3,(H,21,22)/t12-,18-/m0/s1. The first kappa shape index (κ1) is 18.6.